The van der Waals surface area contributed by atoms with E-state index >= 15 is 0 Å². The van der Waals surface area contributed by atoms with Gasteiger partial charge in [-0.1, -0.05) is 36.4 Å². The van der Waals surface area contributed by atoms with Crippen LogP contribution in [0.1, 0.15) is 18.9 Å². The molecule has 124 valence electrons. The lowest BCUT2D eigenvalue weighted by atomic mass is 9.94. The van der Waals surface area contributed by atoms with Crippen LogP contribution >= 0.6 is 11.8 Å². The van der Waals surface area contributed by atoms with Crippen LogP contribution in [0.3, 0.4) is 0 Å². The number of hydrogen-bond acceptors (Lipinski definition) is 3. The average Bonchev–Trinajstić information content (AvgIpc) is 2.59. The number of rotatable bonds is 5. The van der Waals surface area contributed by atoms with Crippen LogP contribution in [0.5, 0.6) is 0 Å². The first kappa shape index (κ1) is 16.6. The lowest BCUT2D eigenvalue weighted by molar-refractivity contribution is -0.143. The van der Waals surface area contributed by atoms with E-state index in [2.05, 4.69) is 30.3 Å². The summed E-state index contributed by atoms with van der Waals surface area (Å²) in [4.78, 5) is 11.7. The zero-order valence-electron chi connectivity index (χ0n) is 13.9. The van der Waals surface area contributed by atoms with Crippen molar-refractivity contribution in [3.8, 4) is 0 Å². The third kappa shape index (κ3) is 3.31. The van der Waals surface area contributed by atoms with Crippen molar-refractivity contribution in [1.29, 1.82) is 0 Å². The molecule has 0 radical (unpaired) electrons. The largest absolute Gasteiger partial charge is 0.466 e. The molecule has 0 atom stereocenters. The van der Waals surface area contributed by atoms with Gasteiger partial charge in [0.1, 0.15) is 0 Å². The molecule has 3 aromatic carbocycles. The maximum absolute atomic E-state index is 11.7. The number of aryl methyl sites for hydroxylation is 1. The number of anilines is 1. The first-order valence-electron chi connectivity index (χ1n) is 8.09. The Kier molecular flexibility index (Phi) is 4.91. The molecule has 0 heterocycles. The zero-order chi connectivity index (χ0) is 17.1. The molecule has 0 saturated carbocycles. The molecule has 4 heteroatoms. The Morgan fingerprint density at radius 2 is 1.83 bits per heavy atom. The average molecular weight is 342 g/mol. The minimum Gasteiger partial charge on any atom is -0.466 e. The van der Waals surface area contributed by atoms with E-state index in [0.717, 1.165) is 22.0 Å². The fourth-order valence-corrected chi connectivity index (χ4v) is 3.14. The number of ether oxygens (including phenoxy) is 1. The highest BCUT2D eigenvalue weighted by Crippen LogP contribution is 2.32. The highest BCUT2D eigenvalue weighted by Gasteiger charge is 2.10. The van der Waals surface area contributed by atoms with Gasteiger partial charge in [-0.25, -0.2) is 0 Å². The normalized spacial score (nSPS) is 11.0. The van der Waals surface area contributed by atoms with Crippen molar-refractivity contribution < 1.29 is 9.53 Å². The Morgan fingerprint density at radius 3 is 2.54 bits per heavy atom. The second-order valence-electron chi connectivity index (χ2n) is 5.77. The molecule has 0 aliphatic rings. The van der Waals surface area contributed by atoms with Crippen molar-refractivity contribution in [3.63, 3.8) is 0 Å². The van der Waals surface area contributed by atoms with Crippen LogP contribution in [0, 0.1) is 0 Å². The summed E-state index contributed by atoms with van der Waals surface area (Å²) in [6.07, 6.45) is 1.07. The Labute approximate surface area is 146 Å². The third-order valence-corrected chi connectivity index (χ3v) is 4.38. The first-order valence-corrected chi connectivity index (χ1v) is 8.43. The van der Waals surface area contributed by atoms with E-state index in [0.29, 0.717) is 19.4 Å². The number of hydrogen-bond donors (Lipinski definition) is 0. The molecule has 0 aliphatic carbocycles. The molecule has 0 aromatic heterocycles. The molecule has 0 amide bonds. The topological polar surface area (TPSA) is 29.5 Å². The van der Waals surface area contributed by atoms with Gasteiger partial charge < -0.3 is 4.74 Å². The Hall–Kier alpha value is -2.26. The third-order valence-electron chi connectivity index (χ3n) is 4.19. The van der Waals surface area contributed by atoms with Crippen LogP contribution in [-0.2, 0) is 16.0 Å². The number of fused-ring (bicyclic) bond motifs is 3. The van der Waals surface area contributed by atoms with Crippen LogP contribution in [0.4, 0.5) is 5.69 Å². The summed E-state index contributed by atoms with van der Waals surface area (Å²) in [5.41, 5.74) is 2.12. The van der Waals surface area contributed by atoms with E-state index in [9.17, 15) is 4.79 Å². The molecule has 3 nitrogen and oxygen atoms in total. The molecular formula is C20H20ClNO2. The van der Waals surface area contributed by atoms with Crippen LogP contribution in [0.2, 0.25) is 0 Å². The molecule has 0 fully saturated rings. The van der Waals surface area contributed by atoms with E-state index in [-0.39, 0.29) is 5.97 Å². The van der Waals surface area contributed by atoms with Gasteiger partial charge >= 0.3 is 5.97 Å². The quantitative estimate of drug-likeness (QED) is 0.368. The molecular weight excluding hydrogens is 322 g/mol. The van der Waals surface area contributed by atoms with E-state index < -0.39 is 0 Å². The van der Waals surface area contributed by atoms with Gasteiger partial charge in [0.15, 0.2) is 0 Å². The van der Waals surface area contributed by atoms with Crippen molar-refractivity contribution in [2.24, 2.45) is 0 Å². The van der Waals surface area contributed by atoms with Gasteiger partial charge in [-0.15, -0.1) is 0 Å². The Balaban J connectivity index is 2.09. The van der Waals surface area contributed by atoms with Gasteiger partial charge in [0, 0.05) is 25.2 Å². The molecule has 3 rings (SSSR count). The van der Waals surface area contributed by atoms with Gasteiger partial charge in [0.25, 0.3) is 0 Å². The Bertz CT molecular complexity index is 889. The van der Waals surface area contributed by atoms with Crippen molar-refractivity contribution in [2.75, 3.05) is 18.1 Å². The molecule has 3 aromatic rings. The summed E-state index contributed by atoms with van der Waals surface area (Å²) in [5, 5.41) is 4.66. The molecule has 24 heavy (non-hydrogen) atoms. The SMILES string of the molecule is CCOC(=O)CCc1cc2ccc(N(C)Cl)cc2c2ccccc12. The fraction of sp³-hybridized carbons (Fsp3) is 0.250. The van der Waals surface area contributed by atoms with E-state index in [1.54, 1.807) is 4.42 Å². The van der Waals surface area contributed by atoms with Gasteiger partial charge in [-0.3, -0.25) is 9.21 Å². The number of carbonyl (C=O) groups is 1. The van der Waals surface area contributed by atoms with E-state index in [4.69, 9.17) is 16.5 Å². The molecule has 0 aliphatic heterocycles. The monoisotopic (exact) mass is 341 g/mol. The second-order valence-corrected chi connectivity index (χ2v) is 6.28. The second kappa shape index (κ2) is 7.10. The summed E-state index contributed by atoms with van der Waals surface area (Å²) in [6, 6.07) is 16.6. The van der Waals surface area contributed by atoms with Crippen LogP contribution in [-0.4, -0.2) is 19.6 Å². The zero-order valence-corrected chi connectivity index (χ0v) is 14.6. The number of benzene rings is 3. The molecule has 0 N–H and O–H groups in total. The fourth-order valence-electron chi connectivity index (χ4n) is 3.04. The molecule has 0 unspecified atom stereocenters. The molecule has 0 saturated heterocycles. The van der Waals surface area contributed by atoms with Gasteiger partial charge in [0.2, 0.25) is 0 Å². The maximum Gasteiger partial charge on any atom is 0.306 e. The summed E-state index contributed by atoms with van der Waals surface area (Å²) >= 11 is 6.08. The number of halogens is 1. The van der Waals surface area contributed by atoms with E-state index in [1.165, 1.54) is 10.8 Å². The van der Waals surface area contributed by atoms with Crippen LogP contribution in [0.15, 0.2) is 48.5 Å². The smallest absolute Gasteiger partial charge is 0.306 e. The van der Waals surface area contributed by atoms with Crippen molar-refractivity contribution in [1.82, 2.24) is 0 Å². The standard InChI is InChI=1S/C20H20ClNO2/c1-3-24-20(23)11-9-14-12-15-8-10-16(22(2)21)13-19(15)18-7-5-4-6-17(14)18/h4-8,10,12-13H,3,9,11H2,1-2H3. The van der Waals surface area contributed by atoms with Crippen molar-refractivity contribution >= 4 is 45.0 Å². The van der Waals surface area contributed by atoms with Crippen molar-refractivity contribution in [3.05, 3.63) is 54.1 Å². The predicted octanol–water partition coefficient (Wildman–Crippen LogP) is 5.08. The van der Waals surface area contributed by atoms with Gasteiger partial charge in [0.05, 0.1) is 12.3 Å². The maximum atomic E-state index is 11.7. The summed E-state index contributed by atoms with van der Waals surface area (Å²) in [7, 11) is 1.82. The number of nitrogens with zero attached hydrogens (tertiary/aromatic N) is 1. The minimum atomic E-state index is -0.152. The van der Waals surface area contributed by atoms with Crippen LogP contribution in [0.25, 0.3) is 21.5 Å². The van der Waals surface area contributed by atoms with Gasteiger partial charge in [-0.2, -0.15) is 0 Å². The van der Waals surface area contributed by atoms with Crippen molar-refractivity contribution in [2.45, 2.75) is 19.8 Å². The highest BCUT2D eigenvalue weighted by atomic mass is 35.5. The van der Waals surface area contributed by atoms with Gasteiger partial charge in [-0.05, 0) is 52.6 Å². The number of carbonyl (C=O) groups excluding carboxylic acids is 1. The lowest BCUT2D eigenvalue weighted by Crippen LogP contribution is -2.05. The summed E-state index contributed by atoms with van der Waals surface area (Å²) in [6.45, 7) is 2.25. The van der Waals surface area contributed by atoms with Crippen LogP contribution < -0.4 is 4.42 Å². The summed E-state index contributed by atoms with van der Waals surface area (Å²) in [5.74, 6) is -0.152. The number of esters is 1. The first-order chi connectivity index (χ1) is 11.6. The Morgan fingerprint density at radius 1 is 1.08 bits per heavy atom. The minimum absolute atomic E-state index is 0.152. The molecule has 0 bridgehead atoms. The molecule has 0 spiro atoms. The lowest BCUT2D eigenvalue weighted by Gasteiger charge is -2.14. The predicted molar refractivity (Wildman–Crippen MR) is 101 cm³/mol. The summed E-state index contributed by atoms with van der Waals surface area (Å²) < 4.78 is 6.63. The van der Waals surface area contributed by atoms with E-state index in [1.807, 2.05) is 32.2 Å². The highest BCUT2D eigenvalue weighted by molar-refractivity contribution is 6.25.